The molecule has 0 aromatic heterocycles. The summed E-state index contributed by atoms with van der Waals surface area (Å²) < 4.78 is 0.932. The molecule has 140 valence electrons. The van der Waals surface area contributed by atoms with Gasteiger partial charge in [-0.25, -0.2) is 0 Å². The van der Waals surface area contributed by atoms with Gasteiger partial charge >= 0.3 is 0 Å². The first-order chi connectivity index (χ1) is 13.7. The predicted molar refractivity (Wildman–Crippen MR) is 118 cm³/mol. The Kier molecular flexibility index (Phi) is 5.73. The smallest absolute Gasteiger partial charge is 0.253 e. The summed E-state index contributed by atoms with van der Waals surface area (Å²) in [7, 11) is 0. The maximum atomic E-state index is 13.3. The number of hydrogen-bond donors (Lipinski definition) is 1. The van der Waals surface area contributed by atoms with Crippen LogP contribution < -0.4 is 10.2 Å². The van der Waals surface area contributed by atoms with Crippen molar-refractivity contribution < 1.29 is 4.79 Å². The van der Waals surface area contributed by atoms with Crippen LogP contribution >= 0.6 is 15.9 Å². The molecule has 1 heterocycles. The number of halogens is 1. The van der Waals surface area contributed by atoms with Crippen LogP contribution in [-0.2, 0) is 4.79 Å². The number of benzene rings is 1. The van der Waals surface area contributed by atoms with Gasteiger partial charge in [-0.2, -0.15) is 0 Å². The summed E-state index contributed by atoms with van der Waals surface area (Å²) in [5.41, 5.74) is 7.34. The number of hydrogen-bond acceptors (Lipinski definition) is 2. The summed E-state index contributed by atoms with van der Waals surface area (Å²) in [5.74, 6) is 0.0887. The molecule has 4 heteroatoms. The molecule has 0 spiro atoms. The fraction of sp³-hybridized carbons (Fsp3) is 0.167. The van der Waals surface area contributed by atoms with E-state index in [4.69, 9.17) is 0 Å². The number of nitrogens with zero attached hydrogens (tertiary/aromatic N) is 1. The van der Waals surface area contributed by atoms with Crippen LogP contribution in [0.15, 0.2) is 100 Å². The van der Waals surface area contributed by atoms with Crippen molar-refractivity contribution in [1.29, 1.82) is 0 Å². The van der Waals surface area contributed by atoms with Crippen LogP contribution in [0.3, 0.4) is 0 Å². The number of allylic oxidation sites excluding steroid dienone is 9. The van der Waals surface area contributed by atoms with E-state index in [1.807, 2.05) is 65.6 Å². The van der Waals surface area contributed by atoms with Gasteiger partial charge in [0.1, 0.15) is 6.04 Å². The van der Waals surface area contributed by atoms with Gasteiger partial charge in [-0.05, 0) is 52.2 Å². The molecule has 1 aromatic rings. The van der Waals surface area contributed by atoms with Crippen LogP contribution in [-0.4, -0.2) is 12.5 Å². The number of amides is 1. The Morgan fingerprint density at radius 3 is 2.96 bits per heavy atom. The van der Waals surface area contributed by atoms with E-state index >= 15 is 0 Å². The maximum absolute atomic E-state index is 13.3. The molecule has 0 fully saturated rings. The molecule has 0 bridgehead atoms. The molecule has 1 amide bonds. The van der Waals surface area contributed by atoms with Crippen molar-refractivity contribution >= 4 is 27.5 Å². The van der Waals surface area contributed by atoms with Crippen molar-refractivity contribution in [2.45, 2.75) is 18.9 Å². The minimum atomic E-state index is -0.316. The van der Waals surface area contributed by atoms with Gasteiger partial charge in [0.25, 0.3) is 5.91 Å². The van der Waals surface area contributed by atoms with Crippen LogP contribution in [0, 0.1) is 0 Å². The van der Waals surface area contributed by atoms with E-state index in [1.54, 1.807) is 0 Å². The molecule has 1 aromatic carbocycles. The van der Waals surface area contributed by atoms with Gasteiger partial charge in [0.15, 0.2) is 0 Å². The monoisotopic (exact) mass is 432 g/mol. The van der Waals surface area contributed by atoms with Crippen molar-refractivity contribution in [3.05, 3.63) is 106 Å². The number of nitrogens with one attached hydrogen (secondary N) is 1. The summed E-state index contributed by atoms with van der Waals surface area (Å²) in [6.45, 7) is 0.721. The van der Waals surface area contributed by atoms with Crippen molar-refractivity contribution in [2.24, 2.45) is 0 Å². The van der Waals surface area contributed by atoms with Gasteiger partial charge in [-0.1, -0.05) is 54.7 Å². The van der Waals surface area contributed by atoms with Gasteiger partial charge in [0.2, 0.25) is 0 Å². The third kappa shape index (κ3) is 3.95. The average molecular weight is 433 g/mol. The first kappa shape index (κ1) is 18.7. The second-order valence-corrected chi connectivity index (χ2v) is 7.63. The first-order valence-electron chi connectivity index (χ1n) is 9.42. The average Bonchev–Trinajstić information content (AvgIpc) is 2.94. The summed E-state index contributed by atoms with van der Waals surface area (Å²) in [5, 5.41) is 3.47. The Hall–Kier alpha value is -2.65. The minimum Gasteiger partial charge on any atom is -0.302 e. The Morgan fingerprint density at radius 2 is 2.04 bits per heavy atom. The molecule has 2 aliphatic carbocycles. The molecule has 28 heavy (non-hydrogen) atoms. The molecule has 1 aliphatic heterocycles. The highest BCUT2D eigenvalue weighted by Gasteiger charge is 2.38. The molecule has 0 radical (unpaired) electrons. The summed E-state index contributed by atoms with van der Waals surface area (Å²) in [4.78, 5) is 15.1. The number of anilines is 1. The number of carbonyl (C=O) groups is 1. The number of fused-ring (bicyclic) bond motifs is 1. The number of rotatable bonds is 5. The van der Waals surface area contributed by atoms with Crippen LogP contribution in [0.1, 0.15) is 24.4 Å². The highest BCUT2D eigenvalue weighted by molar-refractivity contribution is 9.11. The zero-order valence-corrected chi connectivity index (χ0v) is 17.0. The van der Waals surface area contributed by atoms with Gasteiger partial charge in [-0.3, -0.25) is 9.69 Å². The van der Waals surface area contributed by atoms with Crippen LogP contribution in [0.2, 0.25) is 0 Å². The third-order valence-corrected chi connectivity index (χ3v) is 5.43. The molecule has 1 atom stereocenters. The molecule has 3 aliphatic rings. The molecular weight excluding hydrogens is 412 g/mol. The SMILES string of the molecule is O=C1C(NCCC2=CC=C=C(Br)C=C2)c2ccccc2N1C1=CC=CC=CC1. The van der Waals surface area contributed by atoms with Crippen molar-refractivity contribution in [1.82, 2.24) is 5.32 Å². The molecular formula is C24H21BrN2O. The Balaban J connectivity index is 1.50. The minimum absolute atomic E-state index is 0.0887. The van der Waals surface area contributed by atoms with Crippen molar-refractivity contribution in [3.8, 4) is 0 Å². The van der Waals surface area contributed by atoms with E-state index in [0.29, 0.717) is 0 Å². The topological polar surface area (TPSA) is 32.3 Å². The second kappa shape index (κ2) is 8.57. The molecule has 3 nitrogen and oxygen atoms in total. The third-order valence-electron chi connectivity index (χ3n) is 4.94. The van der Waals surface area contributed by atoms with E-state index in [1.165, 1.54) is 5.57 Å². The maximum Gasteiger partial charge on any atom is 0.253 e. The molecule has 0 saturated carbocycles. The zero-order chi connectivity index (χ0) is 19.3. The molecule has 4 rings (SSSR count). The normalized spacial score (nSPS) is 20.5. The lowest BCUT2D eigenvalue weighted by Gasteiger charge is -2.20. The van der Waals surface area contributed by atoms with Crippen molar-refractivity contribution in [2.75, 3.05) is 11.4 Å². The molecule has 1 N–H and O–H groups in total. The second-order valence-electron chi connectivity index (χ2n) is 6.78. The van der Waals surface area contributed by atoms with Gasteiger partial charge in [-0.15, -0.1) is 5.73 Å². The Morgan fingerprint density at radius 1 is 1.14 bits per heavy atom. The number of carbonyl (C=O) groups excluding carboxylic acids is 1. The Bertz CT molecular complexity index is 1000. The highest BCUT2D eigenvalue weighted by atomic mass is 79.9. The van der Waals surface area contributed by atoms with Crippen molar-refractivity contribution in [3.63, 3.8) is 0 Å². The van der Waals surface area contributed by atoms with Gasteiger partial charge < -0.3 is 5.32 Å². The van der Waals surface area contributed by atoms with Gasteiger partial charge in [0.05, 0.1) is 10.2 Å². The summed E-state index contributed by atoms with van der Waals surface area (Å²) >= 11 is 3.44. The lowest BCUT2D eigenvalue weighted by atomic mass is 10.1. The number of para-hydroxylation sites is 1. The van der Waals surface area contributed by atoms with Gasteiger partial charge in [0, 0.05) is 24.2 Å². The van der Waals surface area contributed by atoms with E-state index < -0.39 is 0 Å². The Labute approximate surface area is 173 Å². The quantitative estimate of drug-likeness (QED) is 0.632. The first-order valence-corrected chi connectivity index (χ1v) is 10.2. The van der Waals surface area contributed by atoms with Crippen LogP contribution in [0.25, 0.3) is 0 Å². The lowest BCUT2D eigenvalue weighted by molar-refractivity contribution is -0.119. The van der Waals surface area contributed by atoms with E-state index in [2.05, 4.69) is 45.2 Å². The fourth-order valence-corrected chi connectivity index (χ4v) is 3.85. The predicted octanol–water partition coefficient (Wildman–Crippen LogP) is 5.38. The van der Waals surface area contributed by atoms with Crippen LogP contribution in [0.4, 0.5) is 5.69 Å². The molecule has 0 saturated heterocycles. The van der Waals surface area contributed by atoms with E-state index in [0.717, 1.165) is 40.8 Å². The summed E-state index contributed by atoms with van der Waals surface area (Å²) in [6.07, 6.45) is 19.7. The standard InChI is InChI=1S/C24H21BrN2O/c25-19-9-7-8-18(14-15-19)16-17-26-23-21-12-5-6-13-22(21)27(24(23)28)20-10-3-1-2-4-11-20/h1-8,10,12-15,23,26H,11,16-17H2. The lowest BCUT2D eigenvalue weighted by Crippen LogP contribution is -2.34. The highest BCUT2D eigenvalue weighted by Crippen LogP contribution is 2.39. The molecule has 1 unspecified atom stereocenters. The van der Waals surface area contributed by atoms with Crippen LogP contribution in [0.5, 0.6) is 0 Å². The zero-order valence-electron chi connectivity index (χ0n) is 15.4. The fourth-order valence-electron chi connectivity index (χ4n) is 3.58. The van der Waals surface area contributed by atoms with E-state index in [-0.39, 0.29) is 11.9 Å². The van der Waals surface area contributed by atoms with E-state index in [9.17, 15) is 4.79 Å². The summed E-state index contributed by atoms with van der Waals surface area (Å²) in [6, 6.07) is 7.74. The largest absolute Gasteiger partial charge is 0.302 e.